The Morgan fingerprint density at radius 2 is 1.83 bits per heavy atom. The van der Waals surface area contributed by atoms with Gasteiger partial charge in [-0.1, -0.05) is 11.6 Å². The number of hydrogen-bond acceptors (Lipinski definition) is 4. The number of carbonyl (C=O) groups excluding carboxylic acids is 1. The topological polar surface area (TPSA) is 64.4 Å². The summed E-state index contributed by atoms with van der Waals surface area (Å²) in [5.74, 6) is -0.281. The average Bonchev–Trinajstić information content (AvgIpc) is 3.22. The van der Waals surface area contributed by atoms with Crippen molar-refractivity contribution in [3.05, 3.63) is 78.1 Å². The minimum Gasteiger partial charge on any atom is -0.463 e. The first-order chi connectivity index (χ1) is 14.3. The summed E-state index contributed by atoms with van der Waals surface area (Å²) in [7, 11) is 0. The number of pyridine rings is 1. The van der Waals surface area contributed by atoms with Crippen LogP contribution in [0.25, 0.3) is 22.4 Å². The predicted octanol–water partition coefficient (Wildman–Crippen LogP) is 5.95. The summed E-state index contributed by atoms with van der Waals surface area (Å²) >= 11 is 0. The van der Waals surface area contributed by atoms with Crippen molar-refractivity contribution in [2.24, 2.45) is 0 Å². The van der Waals surface area contributed by atoms with Gasteiger partial charge in [0, 0.05) is 11.1 Å². The van der Waals surface area contributed by atoms with Gasteiger partial charge in [-0.15, -0.1) is 13.2 Å². The van der Waals surface area contributed by atoms with Crippen LogP contribution in [0.4, 0.5) is 18.9 Å². The number of anilines is 1. The lowest BCUT2D eigenvalue weighted by molar-refractivity contribution is -0.274. The summed E-state index contributed by atoms with van der Waals surface area (Å²) in [5.41, 5.74) is 2.76. The Bertz CT molecular complexity index is 1200. The molecule has 2 heterocycles. The van der Waals surface area contributed by atoms with Crippen molar-refractivity contribution in [2.75, 3.05) is 5.32 Å². The smallest absolute Gasteiger partial charge is 0.463 e. The number of nitrogens with zero attached hydrogens (tertiary/aromatic N) is 1. The van der Waals surface area contributed by atoms with E-state index in [4.69, 9.17) is 4.42 Å². The number of amides is 1. The lowest BCUT2D eigenvalue weighted by atomic mass is 10.0. The number of rotatable bonds is 4. The molecule has 0 aliphatic heterocycles. The van der Waals surface area contributed by atoms with E-state index >= 15 is 0 Å². The highest BCUT2D eigenvalue weighted by Gasteiger charge is 2.31. The number of fused-ring (bicyclic) bond motifs is 1. The number of nitrogens with one attached hydrogen (secondary N) is 1. The van der Waals surface area contributed by atoms with Gasteiger partial charge in [0.1, 0.15) is 11.4 Å². The molecule has 1 amide bonds. The van der Waals surface area contributed by atoms with Crippen molar-refractivity contribution in [1.29, 1.82) is 0 Å². The Labute approximate surface area is 169 Å². The molecular weight excluding hydrogens is 397 g/mol. The van der Waals surface area contributed by atoms with Crippen LogP contribution in [-0.4, -0.2) is 17.3 Å². The Balaban J connectivity index is 1.67. The Morgan fingerprint density at radius 3 is 2.50 bits per heavy atom. The lowest BCUT2D eigenvalue weighted by Gasteiger charge is -2.12. The van der Waals surface area contributed by atoms with Crippen LogP contribution in [0.2, 0.25) is 0 Å². The molecule has 2 aromatic heterocycles. The van der Waals surface area contributed by atoms with Gasteiger partial charge >= 0.3 is 6.36 Å². The maximum absolute atomic E-state index is 13.0. The van der Waals surface area contributed by atoms with Gasteiger partial charge in [0.25, 0.3) is 5.91 Å². The van der Waals surface area contributed by atoms with E-state index < -0.39 is 12.3 Å². The number of aryl methyl sites for hydroxylation is 1. The van der Waals surface area contributed by atoms with E-state index in [9.17, 15) is 18.0 Å². The fourth-order valence-corrected chi connectivity index (χ4v) is 3.02. The summed E-state index contributed by atoms with van der Waals surface area (Å²) < 4.78 is 46.2. The molecule has 0 unspecified atom stereocenters. The van der Waals surface area contributed by atoms with Gasteiger partial charge in [0.2, 0.25) is 0 Å². The van der Waals surface area contributed by atoms with Crippen molar-refractivity contribution >= 4 is 22.5 Å². The Morgan fingerprint density at radius 1 is 1.07 bits per heavy atom. The second kappa shape index (κ2) is 7.55. The molecule has 2 aromatic carbocycles. The van der Waals surface area contributed by atoms with E-state index in [2.05, 4.69) is 15.0 Å². The molecule has 0 atom stereocenters. The molecule has 30 heavy (non-hydrogen) atoms. The van der Waals surface area contributed by atoms with Gasteiger partial charge in [-0.2, -0.15) is 0 Å². The molecule has 0 saturated carbocycles. The van der Waals surface area contributed by atoms with E-state index in [-0.39, 0.29) is 5.75 Å². The van der Waals surface area contributed by atoms with E-state index in [1.165, 1.54) is 18.4 Å². The van der Waals surface area contributed by atoms with E-state index in [1.54, 1.807) is 18.2 Å². The third-order valence-corrected chi connectivity index (χ3v) is 4.33. The first-order valence-electron chi connectivity index (χ1n) is 8.91. The number of furan rings is 1. The maximum atomic E-state index is 13.0. The highest BCUT2D eigenvalue weighted by Crippen LogP contribution is 2.28. The molecule has 1 N–H and O–H groups in total. The van der Waals surface area contributed by atoms with Crippen molar-refractivity contribution in [1.82, 2.24) is 4.98 Å². The van der Waals surface area contributed by atoms with Gasteiger partial charge < -0.3 is 14.5 Å². The molecule has 8 heteroatoms. The fraction of sp³-hybridized carbons (Fsp3) is 0.0909. The first-order valence-corrected chi connectivity index (χ1v) is 8.91. The molecule has 0 bridgehead atoms. The minimum absolute atomic E-state index is 0.326. The van der Waals surface area contributed by atoms with Crippen LogP contribution in [0.3, 0.4) is 0 Å². The predicted molar refractivity (Wildman–Crippen MR) is 105 cm³/mol. The van der Waals surface area contributed by atoms with Crippen molar-refractivity contribution in [3.8, 4) is 17.2 Å². The number of benzene rings is 2. The van der Waals surface area contributed by atoms with Crippen LogP contribution in [0.15, 0.2) is 71.3 Å². The molecular formula is C22H15F3N2O3. The third kappa shape index (κ3) is 4.27. The van der Waals surface area contributed by atoms with Gasteiger partial charge in [0.15, 0.2) is 5.76 Å². The fourth-order valence-electron chi connectivity index (χ4n) is 3.02. The molecule has 4 aromatic rings. The maximum Gasteiger partial charge on any atom is 0.573 e. The van der Waals surface area contributed by atoms with Crippen LogP contribution in [0.5, 0.6) is 5.75 Å². The van der Waals surface area contributed by atoms with Crippen molar-refractivity contribution in [2.45, 2.75) is 13.3 Å². The summed E-state index contributed by atoms with van der Waals surface area (Å²) in [5, 5.41) is 3.35. The van der Waals surface area contributed by atoms with Gasteiger partial charge in [-0.05, 0) is 61.5 Å². The van der Waals surface area contributed by atoms with Gasteiger partial charge in [-0.3, -0.25) is 4.79 Å². The highest BCUT2D eigenvalue weighted by atomic mass is 19.4. The number of carbonyl (C=O) groups is 1. The molecule has 152 valence electrons. The number of alkyl halides is 3. The van der Waals surface area contributed by atoms with Gasteiger partial charge in [0.05, 0.1) is 17.3 Å². The normalized spacial score (nSPS) is 11.5. The molecule has 0 aliphatic rings. The number of halogens is 3. The third-order valence-electron chi connectivity index (χ3n) is 4.33. The highest BCUT2D eigenvalue weighted by molar-refractivity contribution is 6.13. The van der Waals surface area contributed by atoms with Crippen LogP contribution in [-0.2, 0) is 0 Å². The zero-order valence-corrected chi connectivity index (χ0v) is 15.7. The van der Waals surface area contributed by atoms with Crippen LogP contribution < -0.4 is 10.1 Å². The van der Waals surface area contributed by atoms with Crippen LogP contribution in [0, 0.1) is 6.92 Å². The summed E-state index contributed by atoms with van der Waals surface area (Å²) in [6, 6.07) is 15.6. The van der Waals surface area contributed by atoms with Crippen molar-refractivity contribution in [3.63, 3.8) is 0 Å². The average molecular weight is 412 g/mol. The second-order valence-electron chi connectivity index (χ2n) is 6.58. The summed E-state index contributed by atoms with van der Waals surface area (Å²) in [6.45, 7) is 1.90. The molecule has 0 saturated heterocycles. The SMILES string of the molecule is Cc1ccc2nc(-c3ccco3)cc(C(=O)Nc3ccc(OC(F)(F)F)cc3)c2c1. The molecule has 0 spiro atoms. The monoisotopic (exact) mass is 412 g/mol. The molecule has 5 nitrogen and oxygen atoms in total. The largest absolute Gasteiger partial charge is 0.573 e. The lowest BCUT2D eigenvalue weighted by Crippen LogP contribution is -2.17. The zero-order valence-electron chi connectivity index (χ0n) is 15.7. The van der Waals surface area contributed by atoms with Crippen molar-refractivity contribution < 1.29 is 27.1 Å². The minimum atomic E-state index is -4.78. The van der Waals surface area contributed by atoms with Gasteiger partial charge in [-0.25, -0.2) is 4.98 Å². The Kier molecular flexibility index (Phi) is 4.91. The number of ether oxygens (including phenoxy) is 1. The van der Waals surface area contributed by atoms with E-state index in [0.29, 0.717) is 33.6 Å². The number of hydrogen-bond donors (Lipinski definition) is 1. The standard InChI is InChI=1S/C22H15F3N2O3/c1-13-4-9-18-16(11-13)17(12-19(27-18)20-3-2-10-29-20)21(28)26-14-5-7-15(8-6-14)30-22(23,24)25/h2-12H,1H3,(H,26,28). The second-order valence-corrected chi connectivity index (χ2v) is 6.58. The molecule has 0 radical (unpaired) electrons. The first kappa shape index (κ1) is 19.5. The quantitative estimate of drug-likeness (QED) is 0.450. The molecule has 0 fully saturated rings. The van der Waals surface area contributed by atoms with E-state index in [0.717, 1.165) is 17.7 Å². The van der Waals surface area contributed by atoms with Crippen LogP contribution >= 0.6 is 0 Å². The zero-order chi connectivity index (χ0) is 21.3. The Hall–Kier alpha value is -3.81. The summed E-state index contributed by atoms with van der Waals surface area (Å²) in [6.07, 6.45) is -3.26. The summed E-state index contributed by atoms with van der Waals surface area (Å²) in [4.78, 5) is 17.6. The molecule has 0 aliphatic carbocycles. The molecule has 4 rings (SSSR count). The number of aromatic nitrogens is 1. The van der Waals surface area contributed by atoms with Crippen LogP contribution in [0.1, 0.15) is 15.9 Å². The van der Waals surface area contributed by atoms with E-state index in [1.807, 2.05) is 25.1 Å².